The summed E-state index contributed by atoms with van der Waals surface area (Å²) in [6.07, 6.45) is 3.75. The molecule has 0 saturated carbocycles. The molecule has 3 nitrogen and oxygen atoms in total. The van der Waals surface area contributed by atoms with Crippen molar-refractivity contribution in [3.63, 3.8) is 0 Å². The van der Waals surface area contributed by atoms with Crippen molar-refractivity contribution in [1.29, 1.82) is 0 Å². The van der Waals surface area contributed by atoms with Gasteiger partial charge in [0.2, 0.25) is 0 Å². The summed E-state index contributed by atoms with van der Waals surface area (Å²) in [5, 5.41) is 0. The van der Waals surface area contributed by atoms with E-state index in [0.717, 1.165) is 11.0 Å². The van der Waals surface area contributed by atoms with E-state index in [-0.39, 0.29) is 5.97 Å². The predicted molar refractivity (Wildman–Crippen MR) is 52.8 cm³/mol. The first-order chi connectivity index (χ1) is 6.22. The lowest BCUT2D eigenvalue weighted by molar-refractivity contribution is -0.142. The van der Waals surface area contributed by atoms with Gasteiger partial charge in [-0.3, -0.25) is 9.78 Å². The lowest BCUT2D eigenvalue weighted by atomic mass is 9.97. The topological polar surface area (TPSA) is 39.2 Å². The second-order valence-corrected chi connectivity index (χ2v) is 2.85. The normalized spacial score (nSPS) is 9.62. The molecule has 68 valence electrons. The van der Waals surface area contributed by atoms with E-state index >= 15 is 0 Å². The van der Waals surface area contributed by atoms with Gasteiger partial charge in [0.05, 0.1) is 13.0 Å². The van der Waals surface area contributed by atoms with Gasteiger partial charge in [0.25, 0.3) is 0 Å². The quantitative estimate of drug-likeness (QED) is 0.459. The van der Waals surface area contributed by atoms with E-state index in [1.165, 1.54) is 0 Å². The second-order valence-electron chi connectivity index (χ2n) is 2.85. The van der Waals surface area contributed by atoms with Gasteiger partial charge in [-0.1, -0.05) is 11.5 Å². The van der Waals surface area contributed by atoms with Crippen LogP contribution < -0.4 is 5.46 Å². The van der Waals surface area contributed by atoms with Crippen LogP contribution in [0.25, 0.3) is 0 Å². The Hall–Kier alpha value is -1.32. The Morgan fingerprint density at radius 1 is 1.62 bits per heavy atom. The number of pyridine rings is 1. The van der Waals surface area contributed by atoms with Crippen LogP contribution in [0.3, 0.4) is 0 Å². The first-order valence-corrected chi connectivity index (χ1v) is 4.28. The zero-order valence-corrected chi connectivity index (χ0v) is 7.91. The molecule has 0 saturated heterocycles. The minimum absolute atomic E-state index is 0.199. The fourth-order valence-electron chi connectivity index (χ4n) is 1.09. The summed E-state index contributed by atoms with van der Waals surface area (Å²) in [6.45, 7) is 2.23. The maximum Gasteiger partial charge on any atom is 0.310 e. The molecule has 4 heteroatoms. The van der Waals surface area contributed by atoms with Crippen LogP contribution >= 0.6 is 0 Å². The average molecular weight is 177 g/mol. The molecule has 0 aliphatic heterocycles. The first-order valence-electron chi connectivity index (χ1n) is 4.28. The number of esters is 1. The van der Waals surface area contributed by atoms with Crippen molar-refractivity contribution in [3.05, 3.63) is 24.0 Å². The minimum Gasteiger partial charge on any atom is -0.466 e. The number of ether oxygens (including phenoxy) is 1. The Kier molecular flexibility index (Phi) is 3.49. The second kappa shape index (κ2) is 4.65. The summed E-state index contributed by atoms with van der Waals surface area (Å²) >= 11 is 0. The monoisotopic (exact) mass is 177 g/mol. The van der Waals surface area contributed by atoms with Gasteiger partial charge in [-0.05, 0) is 12.5 Å². The molecule has 0 radical (unpaired) electrons. The molecule has 1 aromatic rings. The van der Waals surface area contributed by atoms with Crippen molar-refractivity contribution in [2.24, 2.45) is 0 Å². The van der Waals surface area contributed by atoms with Crippen LogP contribution in [0.2, 0.25) is 0 Å². The molecule has 0 aliphatic carbocycles. The van der Waals surface area contributed by atoms with E-state index in [0.29, 0.717) is 13.0 Å². The van der Waals surface area contributed by atoms with Crippen LogP contribution in [0, 0.1) is 0 Å². The van der Waals surface area contributed by atoms with Crippen LogP contribution in [0.4, 0.5) is 0 Å². The zero-order chi connectivity index (χ0) is 9.68. The highest BCUT2D eigenvalue weighted by molar-refractivity contribution is 6.32. The molecule has 0 N–H and O–H groups in total. The van der Waals surface area contributed by atoms with Crippen LogP contribution in [0.5, 0.6) is 0 Å². The highest BCUT2D eigenvalue weighted by atomic mass is 16.5. The molecule has 0 amide bonds. The van der Waals surface area contributed by atoms with Crippen molar-refractivity contribution < 1.29 is 9.53 Å². The number of rotatable bonds is 3. The van der Waals surface area contributed by atoms with Crippen LogP contribution in [-0.2, 0) is 16.0 Å². The van der Waals surface area contributed by atoms with E-state index in [4.69, 9.17) is 4.74 Å². The molecule has 1 rings (SSSR count). The molecular weight excluding hydrogens is 165 g/mol. The van der Waals surface area contributed by atoms with Crippen molar-refractivity contribution in [2.75, 3.05) is 6.61 Å². The van der Waals surface area contributed by atoms with Crippen molar-refractivity contribution in [1.82, 2.24) is 4.98 Å². The lowest BCUT2D eigenvalue weighted by Crippen LogP contribution is -2.11. The number of hydrogen-bond acceptors (Lipinski definition) is 3. The third kappa shape index (κ3) is 3.28. The zero-order valence-electron chi connectivity index (χ0n) is 7.91. The van der Waals surface area contributed by atoms with E-state index in [1.54, 1.807) is 19.3 Å². The van der Waals surface area contributed by atoms with Gasteiger partial charge >= 0.3 is 5.97 Å². The highest BCUT2D eigenvalue weighted by Crippen LogP contribution is 1.96. The molecule has 0 fully saturated rings. The fraction of sp³-hybridized carbons (Fsp3) is 0.333. The van der Waals surface area contributed by atoms with Gasteiger partial charge in [0.1, 0.15) is 7.85 Å². The van der Waals surface area contributed by atoms with Gasteiger partial charge < -0.3 is 4.74 Å². The van der Waals surface area contributed by atoms with Gasteiger partial charge in [0.15, 0.2) is 0 Å². The molecule has 0 atom stereocenters. The van der Waals surface area contributed by atoms with E-state index in [1.807, 2.05) is 13.9 Å². The van der Waals surface area contributed by atoms with E-state index in [2.05, 4.69) is 4.98 Å². The molecule has 1 aromatic heterocycles. The number of carbonyl (C=O) groups is 1. The Labute approximate surface area is 78.5 Å². The third-order valence-corrected chi connectivity index (χ3v) is 1.59. The fourth-order valence-corrected chi connectivity index (χ4v) is 1.09. The Morgan fingerprint density at radius 2 is 2.38 bits per heavy atom. The standard InChI is InChI=1S/C9H12BNO2/c1-2-13-9(12)4-7-3-8(10)6-11-5-7/h3,5-6H,2,4,10H2,1H3. The minimum atomic E-state index is -0.199. The first kappa shape index (κ1) is 9.77. The van der Waals surface area contributed by atoms with Crippen LogP contribution in [-0.4, -0.2) is 25.4 Å². The smallest absolute Gasteiger partial charge is 0.310 e. The molecule has 0 aliphatic rings. The molecule has 0 aromatic carbocycles. The summed E-state index contributed by atoms with van der Waals surface area (Å²) in [4.78, 5) is 15.1. The summed E-state index contributed by atoms with van der Waals surface area (Å²) in [6, 6.07) is 1.93. The molecule has 1 heterocycles. The largest absolute Gasteiger partial charge is 0.466 e. The van der Waals surface area contributed by atoms with Crippen LogP contribution in [0.15, 0.2) is 18.5 Å². The molecule has 0 spiro atoms. The average Bonchev–Trinajstić information content (AvgIpc) is 2.04. The maximum absolute atomic E-state index is 11.1. The van der Waals surface area contributed by atoms with Crippen molar-refractivity contribution in [2.45, 2.75) is 13.3 Å². The maximum atomic E-state index is 11.1. The third-order valence-electron chi connectivity index (χ3n) is 1.59. The highest BCUT2D eigenvalue weighted by Gasteiger charge is 2.03. The van der Waals surface area contributed by atoms with E-state index < -0.39 is 0 Å². The number of hydrogen-bond donors (Lipinski definition) is 0. The van der Waals surface area contributed by atoms with E-state index in [9.17, 15) is 4.79 Å². The number of aromatic nitrogens is 1. The molecule has 0 unspecified atom stereocenters. The van der Waals surface area contributed by atoms with Gasteiger partial charge in [-0.25, -0.2) is 0 Å². The van der Waals surface area contributed by atoms with Crippen LogP contribution in [0.1, 0.15) is 12.5 Å². The van der Waals surface area contributed by atoms with Crippen molar-refractivity contribution >= 4 is 19.3 Å². The molecule has 13 heavy (non-hydrogen) atoms. The predicted octanol–water partition coefficient (Wildman–Crippen LogP) is -0.554. The van der Waals surface area contributed by atoms with Gasteiger partial charge in [-0.2, -0.15) is 0 Å². The Balaban J connectivity index is 2.58. The summed E-state index contributed by atoms with van der Waals surface area (Å²) in [5.41, 5.74) is 1.96. The Bertz CT molecular complexity index is 301. The molecule has 0 bridgehead atoms. The summed E-state index contributed by atoms with van der Waals surface area (Å²) in [7, 11) is 1.95. The number of carbonyl (C=O) groups excluding carboxylic acids is 1. The SMILES string of the molecule is Bc1cncc(CC(=O)OCC)c1. The van der Waals surface area contributed by atoms with Crippen molar-refractivity contribution in [3.8, 4) is 0 Å². The lowest BCUT2D eigenvalue weighted by Gasteiger charge is -2.01. The number of nitrogens with zero attached hydrogens (tertiary/aromatic N) is 1. The Morgan fingerprint density at radius 3 is 3.00 bits per heavy atom. The summed E-state index contributed by atoms with van der Waals surface area (Å²) in [5.74, 6) is -0.199. The molecular formula is C9H12BNO2. The van der Waals surface area contributed by atoms with Gasteiger partial charge in [-0.15, -0.1) is 0 Å². The van der Waals surface area contributed by atoms with Gasteiger partial charge in [0, 0.05) is 12.4 Å². The summed E-state index contributed by atoms with van der Waals surface area (Å²) < 4.78 is 4.82.